The summed E-state index contributed by atoms with van der Waals surface area (Å²) in [6.07, 6.45) is 3.38. The molecule has 84 valence electrons. The lowest BCUT2D eigenvalue weighted by molar-refractivity contribution is 0.601. The average Bonchev–Trinajstić information content (AvgIpc) is 2.85. The van der Waals surface area contributed by atoms with Gasteiger partial charge >= 0.3 is 0 Å². The number of para-hydroxylation sites is 1. The first-order chi connectivity index (χ1) is 8.36. The number of oxazole rings is 1. The summed E-state index contributed by atoms with van der Waals surface area (Å²) in [5.41, 5.74) is 3.27. The molecule has 1 aliphatic heterocycles. The fraction of sp³-hybridized carbons (Fsp3) is 0.231. The van der Waals surface area contributed by atoms with E-state index in [1.165, 1.54) is 12.0 Å². The third-order valence-electron chi connectivity index (χ3n) is 3.48. The molecule has 0 fully saturated rings. The lowest BCUT2D eigenvalue weighted by Gasteiger charge is -2.18. The predicted molar refractivity (Wildman–Crippen MR) is 64.1 cm³/mol. The molecule has 4 nitrogen and oxygen atoms in total. The quantitative estimate of drug-likeness (QED) is 0.589. The van der Waals surface area contributed by atoms with Gasteiger partial charge in [0.15, 0.2) is 17.5 Å². The smallest absolute Gasteiger partial charge is 0.280 e. The van der Waals surface area contributed by atoms with Crippen molar-refractivity contribution in [1.29, 1.82) is 0 Å². The highest BCUT2D eigenvalue weighted by atomic mass is 16.3. The van der Waals surface area contributed by atoms with Gasteiger partial charge in [0.1, 0.15) is 0 Å². The Balaban J connectivity index is 2.41. The Labute approximate surface area is 96.5 Å². The molecular formula is C13H10N2O2. The second-order valence-corrected chi connectivity index (χ2v) is 4.40. The van der Waals surface area contributed by atoms with Crippen LogP contribution in [0, 0.1) is 0 Å². The fourth-order valence-corrected chi connectivity index (χ4v) is 2.75. The van der Waals surface area contributed by atoms with Crippen molar-refractivity contribution in [3.8, 4) is 0 Å². The number of fused-ring (bicyclic) bond motifs is 2. The van der Waals surface area contributed by atoms with Gasteiger partial charge in [0.05, 0.1) is 5.52 Å². The summed E-state index contributed by atoms with van der Waals surface area (Å²) in [4.78, 5) is 16.3. The minimum absolute atomic E-state index is 0.0339. The molecular weight excluding hydrogens is 216 g/mol. The Hall–Kier alpha value is -2.10. The first kappa shape index (κ1) is 8.98. The number of nitrogens with zero attached hydrogens (tertiary/aromatic N) is 2. The molecule has 0 radical (unpaired) electrons. The van der Waals surface area contributed by atoms with Crippen molar-refractivity contribution < 1.29 is 4.42 Å². The maximum atomic E-state index is 12.3. The van der Waals surface area contributed by atoms with Crippen molar-refractivity contribution in [3.63, 3.8) is 0 Å². The van der Waals surface area contributed by atoms with Crippen LogP contribution in [0.15, 0.2) is 33.8 Å². The molecule has 1 aliphatic rings. The minimum atomic E-state index is -0.0339. The summed E-state index contributed by atoms with van der Waals surface area (Å²) in [5, 5.41) is 0.995. The van der Waals surface area contributed by atoms with Crippen molar-refractivity contribution in [2.45, 2.75) is 19.4 Å². The van der Waals surface area contributed by atoms with E-state index in [9.17, 15) is 4.79 Å². The normalized spacial score (nSPS) is 14.6. The summed E-state index contributed by atoms with van der Waals surface area (Å²) in [7, 11) is 0. The van der Waals surface area contributed by atoms with E-state index in [-0.39, 0.29) is 5.56 Å². The average molecular weight is 226 g/mol. The van der Waals surface area contributed by atoms with E-state index in [2.05, 4.69) is 11.1 Å². The van der Waals surface area contributed by atoms with Gasteiger partial charge in [-0.05, 0) is 24.5 Å². The summed E-state index contributed by atoms with van der Waals surface area (Å²) >= 11 is 0. The number of hydrogen-bond acceptors (Lipinski definition) is 3. The van der Waals surface area contributed by atoms with Crippen molar-refractivity contribution >= 4 is 22.0 Å². The third-order valence-corrected chi connectivity index (χ3v) is 3.48. The number of benzene rings is 1. The van der Waals surface area contributed by atoms with Gasteiger partial charge in [0.25, 0.3) is 5.56 Å². The third kappa shape index (κ3) is 1.02. The van der Waals surface area contributed by atoms with Crippen LogP contribution in [0.1, 0.15) is 12.0 Å². The zero-order valence-electron chi connectivity index (χ0n) is 9.14. The molecule has 3 aromatic rings. The van der Waals surface area contributed by atoms with E-state index < -0.39 is 0 Å². The van der Waals surface area contributed by atoms with Gasteiger partial charge in [-0.25, -0.2) is 4.98 Å². The monoisotopic (exact) mass is 226 g/mol. The van der Waals surface area contributed by atoms with Gasteiger partial charge in [0.2, 0.25) is 0 Å². The number of rotatable bonds is 0. The van der Waals surface area contributed by atoms with Crippen LogP contribution >= 0.6 is 0 Å². The number of aryl methyl sites for hydroxylation is 2. The SMILES string of the molecule is O=c1c2ncoc2c2cccc3c2n1CCC3. The Kier molecular flexibility index (Phi) is 1.57. The van der Waals surface area contributed by atoms with Gasteiger partial charge in [-0.3, -0.25) is 4.79 Å². The van der Waals surface area contributed by atoms with Crippen LogP contribution in [0.25, 0.3) is 22.0 Å². The molecule has 0 amide bonds. The molecule has 0 atom stereocenters. The number of hydrogen-bond donors (Lipinski definition) is 0. The molecule has 0 spiro atoms. The van der Waals surface area contributed by atoms with Crippen molar-refractivity contribution in [1.82, 2.24) is 9.55 Å². The van der Waals surface area contributed by atoms with Gasteiger partial charge in [-0.2, -0.15) is 0 Å². The number of pyridine rings is 1. The molecule has 0 unspecified atom stereocenters. The standard InChI is InChI=1S/C13H10N2O2/c16-13-10-12(17-7-14-10)9-5-1-3-8-4-2-6-15(13)11(8)9/h1,3,5,7H,2,4,6H2. The van der Waals surface area contributed by atoms with E-state index in [1.54, 1.807) is 0 Å². The summed E-state index contributed by atoms with van der Waals surface area (Å²) in [6, 6.07) is 6.09. The minimum Gasteiger partial charge on any atom is -0.443 e. The van der Waals surface area contributed by atoms with E-state index >= 15 is 0 Å². The number of aromatic nitrogens is 2. The molecule has 0 saturated carbocycles. The molecule has 0 aliphatic carbocycles. The molecule has 17 heavy (non-hydrogen) atoms. The highest BCUT2D eigenvalue weighted by Gasteiger charge is 2.19. The first-order valence-electron chi connectivity index (χ1n) is 5.74. The fourth-order valence-electron chi connectivity index (χ4n) is 2.75. The van der Waals surface area contributed by atoms with E-state index in [4.69, 9.17) is 4.42 Å². The van der Waals surface area contributed by atoms with Crippen molar-refractivity contribution in [2.75, 3.05) is 0 Å². The Bertz CT molecular complexity index is 798. The molecule has 3 heterocycles. The summed E-state index contributed by atoms with van der Waals surface area (Å²) < 4.78 is 7.20. The molecule has 2 aromatic heterocycles. The molecule has 0 bridgehead atoms. The Morgan fingerprint density at radius 1 is 1.35 bits per heavy atom. The van der Waals surface area contributed by atoms with Crippen LogP contribution in [0.2, 0.25) is 0 Å². The summed E-state index contributed by atoms with van der Waals surface area (Å²) in [6.45, 7) is 0.773. The van der Waals surface area contributed by atoms with E-state index in [1.807, 2.05) is 16.7 Å². The zero-order valence-corrected chi connectivity index (χ0v) is 9.14. The van der Waals surface area contributed by atoms with E-state index in [0.29, 0.717) is 11.1 Å². The maximum Gasteiger partial charge on any atom is 0.280 e. The zero-order chi connectivity index (χ0) is 11.4. The van der Waals surface area contributed by atoms with Gasteiger partial charge in [-0.15, -0.1) is 0 Å². The Morgan fingerprint density at radius 2 is 2.29 bits per heavy atom. The lowest BCUT2D eigenvalue weighted by atomic mass is 10.0. The van der Waals surface area contributed by atoms with E-state index in [0.717, 1.165) is 30.3 Å². The van der Waals surface area contributed by atoms with Crippen molar-refractivity contribution in [2.24, 2.45) is 0 Å². The van der Waals surface area contributed by atoms with Gasteiger partial charge in [-0.1, -0.05) is 12.1 Å². The molecule has 0 saturated heterocycles. The van der Waals surface area contributed by atoms with Crippen LogP contribution in [0.5, 0.6) is 0 Å². The second-order valence-electron chi connectivity index (χ2n) is 4.40. The topological polar surface area (TPSA) is 48.0 Å². The van der Waals surface area contributed by atoms with Crippen LogP contribution in [0.3, 0.4) is 0 Å². The van der Waals surface area contributed by atoms with Crippen LogP contribution in [0.4, 0.5) is 0 Å². The molecule has 4 rings (SSSR count). The van der Waals surface area contributed by atoms with Crippen molar-refractivity contribution in [3.05, 3.63) is 40.5 Å². The predicted octanol–water partition coefficient (Wildman–Crippen LogP) is 2.09. The lowest BCUT2D eigenvalue weighted by Crippen LogP contribution is -2.24. The Morgan fingerprint density at radius 3 is 3.24 bits per heavy atom. The highest BCUT2D eigenvalue weighted by molar-refractivity contribution is 6.01. The first-order valence-corrected chi connectivity index (χ1v) is 5.74. The largest absolute Gasteiger partial charge is 0.443 e. The summed E-state index contributed by atoms with van der Waals surface area (Å²) in [5.74, 6) is 0. The second kappa shape index (κ2) is 2.97. The van der Waals surface area contributed by atoms with Gasteiger partial charge < -0.3 is 8.98 Å². The molecule has 4 heteroatoms. The van der Waals surface area contributed by atoms with Crippen LogP contribution < -0.4 is 5.56 Å². The molecule has 1 aromatic carbocycles. The highest BCUT2D eigenvalue weighted by Crippen LogP contribution is 2.28. The van der Waals surface area contributed by atoms with Crippen LogP contribution in [-0.2, 0) is 13.0 Å². The van der Waals surface area contributed by atoms with Gasteiger partial charge in [0, 0.05) is 11.9 Å². The maximum absolute atomic E-state index is 12.3. The van der Waals surface area contributed by atoms with Crippen LogP contribution in [-0.4, -0.2) is 9.55 Å². The molecule has 0 N–H and O–H groups in total.